The SMILES string of the molecule is CC(C)(C)S(=O)(=O)Cc1cccc(NC(=O)CCN2CCCC2=O)c1. The second-order valence-electron chi connectivity index (χ2n) is 7.35. The van der Waals surface area contributed by atoms with Gasteiger partial charge in [0.15, 0.2) is 9.84 Å². The fraction of sp³-hybridized carbons (Fsp3) is 0.556. The summed E-state index contributed by atoms with van der Waals surface area (Å²) in [5.41, 5.74) is 1.21. The van der Waals surface area contributed by atoms with Crippen molar-refractivity contribution < 1.29 is 18.0 Å². The Labute approximate surface area is 149 Å². The first-order chi connectivity index (χ1) is 11.6. The molecule has 0 atom stereocenters. The first kappa shape index (κ1) is 19.4. The molecule has 1 heterocycles. The normalized spacial score (nSPS) is 15.5. The third-order valence-electron chi connectivity index (χ3n) is 4.28. The summed E-state index contributed by atoms with van der Waals surface area (Å²) in [6.45, 7) is 6.16. The molecule has 0 bridgehead atoms. The zero-order valence-electron chi connectivity index (χ0n) is 15.0. The monoisotopic (exact) mass is 366 g/mol. The summed E-state index contributed by atoms with van der Waals surface area (Å²) in [5, 5.41) is 2.77. The molecular formula is C18H26N2O4S. The van der Waals surface area contributed by atoms with Gasteiger partial charge in [-0.05, 0) is 44.9 Å². The van der Waals surface area contributed by atoms with Crippen molar-refractivity contribution in [3.63, 3.8) is 0 Å². The lowest BCUT2D eigenvalue weighted by molar-refractivity contribution is -0.128. The molecule has 0 aliphatic carbocycles. The van der Waals surface area contributed by atoms with Gasteiger partial charge in [-0.15, -0.1) is 0 Å². The number of likely N-dealkylation sites (tertiary alicyclic amines) is 1. The molecular weight excluding hydrogens is 340 g/mol. The molecule has 1 aromatic carbocycles. The minimum Gasteiger partial charge on any atom is -0.342 e. The maximum Gasteiger partial charge on any atom is 0.226 e. The molecule has 1 N–H and O–H groups in total. The average Bonchev–Trinajstić information content (AvgIpc) is 2.89. The molecule has 0 aromatic heterocycles. The van der Waals surface area contributed by atoms with E-state index in [1.807, 2.05) is 0 Å². The minimum atomic E-state index is -3.28. The largest absolute Gasteiger partial charge is 0.342 e. The maximum absolute atomic E-state index is 12.3. The molecule has 6 nitrogen and oxygen atoms in total. The molecule has 1 fully saturated rings. The van der Waals surface area contributed by atoms with Gasteiger partial charge in [0.2, 0.25) is 11.8 Å². The number of nitrogens with one attached hydrogen (secondary N) is 1. The molecule has 7 heteroatoms. The summed E-state index contributed by atoms with van der Waals surface area (Å²) in [6, 6.07) is 6.88. The van der Waals surface area contributed by atoms with Crippen LogP contribution in [-0.2, 0) is 25.2 Å². The van der Waals surface area contributed by atoms with Crippen LogP contribution in [0.1, 0.15) is 45.6 Å². The van der Waals surface area contributed by atoms with E-state index in [4.69, 9.17) is 0 Å². The fourth-order valence-corrected chi connectivity index (χ4v) is 3.63. The second-order valence-corrected chi connectivity index (χ2v) is 10.1. The lowest BCUT2D eigenvalue weighted by Crippen LogP contribution is -2.29. The van der Waals surface area contributed by atoms with Gasteiger partial charge in [0, 0.05) is 31.6 Å². The number of hydrogen-bond donors (Lipinski definition) is 1. The quantitative estimate of drug-likeness (QED) is 0.838. The van der Waals surface area contributed by atoms with E-state index >= 15 is 0 Å². The smallest absolute Gasteiger partial charge is 0.226 e. The van der Waals surface area contributed by atoms with Crippen molar-refractivity contribution in [2.24, 2.45) is 0 Å². The molecule has 1 saturated heterocycles. The molecule has 1 aliphatic rings. The predicted octanol–water partition coefficient (Wildman–Crippen LogP) is 2.35. The molecule has 0 saturated carbocycles. The highest BCUT2D eigenvalue weighted by Crippen LogP contribution is 2.22. The number of hydrogen-bond acceptors (Lipinski definition) is 4. The highest BCUT2D eigenvalue weighted by molar-refractivity contribution is 7.91. The van der Waals surface area contributed by atoms with Gasteiger partial charge in [-0.1, -0.05) is 12.1 Å². The van der Waals surface area contributed by atoms with Crippen LogP contribution in [0.25, 0.3) is 0 Å². The van der Waals surface area contributed by atoms with Crippen LogP contribution in [0.2, 0.25) is 0 Å². The van der Waals surface area contributed by atoms with Crippen molar-refractivity contribution in [2.45, 2.75) is 50.5 Å². The zero-order chi connectivity index (χ0) is 18.7. The molecule has 25 heavy (non-hydrogen) atoms. The first-order valence-corrected chi connectivity index (χ1v) is 10.1. The summed E-state index contributed by atoms with van der Waals surface area (Å²) in [6.07, 6.45) is 1.65. The van der Waals surface area contributed by atoms with Crippen LogP contribution in [-0.4, -0.2) is 43.0 Å². The molecule has 1 aromatic rings. The van der Waals surface area contributed by atoms with Crippen LogP contribution in [0, 0.1) is 0 Å². The van der Waals surface area contributed by atoms with E-state index in [0.29, 0.717) is 30.8 Å². The highest BCUT2D eigenvalue weighted by Gasteiger charge is 2.29. The molecule has 2 rings (SSSR count). The number of carbonyl (C=O) groups is 2. The zero-order valence-corrected chi connectivity index (χ0v) is 15.9. The van der Waals surface area contributed by atoms with Crippen LogP contribution in [0.5, 0.6) is 0 Å². The summed E-state index contributed by atoms with van der Waals surface area (Å²) < 4.78 is 23.8. The average molecular weight is 366 g/mol. The highest BCUT2D eigenvalue weighted by atomic mass is 32.2. The van der Waals surface area contributed by atoms with Gasteiger partial charge in [-0.2, -0.15) is 0 Å². The van der Waals surface area contributed by atoms with E-state index in [2.05, 4.69) is 5.32 Å². The minimum absolute atomic E-state index is 0.0670. The van der Waals surface area contributed by atoms with E-state index < -0.39 is 14.6 Å². The van der Waals surface area contributed by atoms with Crippen molar-refractivity contribution in [3.8, 4) is 0 Å². The summed E-state index contributed by atoms with van der Waals surface area (Å²) in [5.74, 6) is -0.152. The predicted molar refractivity (Wildman–Crippen MR) is 97.9 cm³/mol. The Kier molecular flexibility index (Phi) is 5.87. The van der Waals surface area contributed by atoms with Crippen molar-refractivity contribution in [2.75, 3.05) is 18.4 Å². The molecule has 138 valence electrons. The van der Waals surface area contributed by atoms with Gasteiger partial charge in [0.25, 0.3) is 0 Å². The van der Waals surface area contributed by atoms with Gasteiger partial charge < -0.3 is 10.2 Å². The van der Waals surface area contributed by atoms with Gasteiger partial charge in [-0.25, -0.2) is 8.42 Å². The van der Waals surface area contributed by atoms with Crippen LogP contribution in [0.3, 0.4) is 0 Å². The van der Waals surface area contributed by atoms with Crippen LogP contribution in [0.4, 0.5) is 5.69 Å². The topological polar surface area (TPSA) is 83.6 Å². The van der Waals surface area contributed by atoms with Crippen molar-refractivity contribution in [1.82, 2.24) is 4.90 Å². The Hall–Kier alpha value is -1.89. The van der Waals surface area contributed by atoms with Gasteiger partial charge >= 0.3 is 0 Å². The Morgan fingerprint density at radius 1 is 1.28 bits per heavy atom. The maximum atomic E-state index is 12.3. The number of amides is 2. The molecule has 0 radical (unpaired) electrons. The van der Waals surface area contributed by atoms with Crippen LogP contribution in [0.15, 0.2) is 24.3 Å². The number of nitrogens with zero attached hydrogens (tertiary/aromatic N) is 1. The lowest BCUT2D eigenvalue weighted by atomic mass is 10.2. The van der Waals surface area contributed by atoms with Gasteiger partial charge in [-0.3, -0.25) is 9.59 Å². The van der Waals surface area contributed by atoms with E-state index in [9.17, 15) is 18.0 Å². The summed E-state index contributed by atoms with van der Waals surface area (Å²) >= 11 is 0. The second kappa shape index (κ2) is 7.56. The summed E-state index contributed by atoms with van der Waals surface area (Å²) in [7, 11) is -3.28. The Morgan fingerprint density at radius 2 is 2.00 bits per heavy atom. The van der Waals surface area contributed by atoms with Crippen LogP contribution >= 0.6 is 0 Å². The van der Waals surface area contributed by atoms with E-state index in [1.165, 1.54) is 0 Å². The third kappa shape index (κ3) is 5.29. The standard InChI is InChI=1S/C18H26N2O4S/c1-18(2,3)25(23,24)13-14-6-4-7-15(12-14)19-16(21)9-11-20-10-5-8-17(20)22/h4,6-7,12H,5,8-11,13H2,1-3H3,(H,19,21). The van der Waals surface area contributed by atoms with E-state index in [0.717, 1.165) is 6.42 Å². The van der Waals surface area contributed by atoms with Gasteiger partial charge in [0.1, 0.15) is 0 Å². The van der Waals surface area contributed by atoms with Crippen molar-refractivity contribution in [3.05, 3.63) is 29.8 Å². The van der Waals surface area contributed by atoms with Crippen LogP contribution < -0.4 is 5.32 Å². The molecule has 2 amide bonds. The summed E-state index contributed by atoms with van der Waals surface area (Å²) in [4.78, 5) is 25.3. The Bertz CT molecular complexity index is 751. The number of carbonyl (C=O) groups excluding carboxylic acids is 2. The van der Waals surface area contributed by atoms with Crippen molar-refractivity contribution in [1.29, 1.82) is 0 Å². The molecule has 0 spiro atoms. The fourth-order valence-electron chi connectivity index (χ4n) is 2.58. The third-order valence-corrected chi connectivity index (χ3v) is 6.86. The van der Waals surface area contributed by atoms with Gasteiger partial charge in [0.05, 0.1) is 10.5 Å². The van der Waals surface area contributed by atoms with E-state index in [1.54, 1.807) is 49.9 Å². The lowest BCUT2D eigenvalue weighted by Gasteiger charge is -2.19. The first-order valence-electron chi connectivity index (χ1n) is 8.47. The molecule has 1 aliphatic heterocycles. The number of benzene rings is 1. The number of rotatable bonds is 6. The van der Waals surface area contributed by atoms with Crippen molar-refractivity contribution >= 4 is 27.3 Å². The van der Waals surface area contributed by atoms with E-state index in [-0.39, 0.29) is 24.0 Å². The Morgan fingerprint density at radius 3 is 2.60 bits per heavy atom. The number of sulfone groups is 1. The Balaban J connectivity index is 1.94. The number of anilines is 1. The molecule has 0 unspecified atom stereocenters.